The quantitative estimate of drug-likeness (QED) is 0.426. The molecule has 1 aromatic heterocycles. The molecular weight excluding hydrogens is 270 g/mol. The highest BCUT2D eigenvalue weighted by molar-refractivity contribution is 5.83. The van der Waals surface area contributed by atoms with E-state index in [1.807, 2.05) is 18.2 Å². The molecule has 0 saturated carbocycles. The molecule has 3 N–H and O–H groups in total. The van der Waals surface area contributed by atoms with Crippen molar-refractivity contribution in [1.29, 1.82) is 0 Å². The lowest BCUT2D eigenvalue weighted by molar-refractivity contribution is -0.123. The zero-order valence-electron chi connectivity index (χ0n) is 11.6. The second-order valence-electron chi connectivity index (χ2n) is 4.45. The van der Waals surface area contributed by atoms with E-state index in [0.717, 1.165) is 0 Å². The highest BCUT2D eigenvalue weighted by Gasteiger charge is 2.16. The van der Waals surface area contributed by atoms with E-state index in [-0.39, 0.29) is 5.91 Å². The fourth-order valence-electron chi connectivity index (χ4n) is 1.67. The molecule has 1 aromatic carbocycles. The van der Waals surface area contributed by atoms with Crippen LogP contribution in [0.2, 0.25) is 0 Å². The molecule has 21 heavy (non-hydrogen) atoms. The van der Waals surface area contributed by atoms with Gasteiger partial charge in [0.25, 0.3) is 5.91 Å². The summed E-state index contributed by atoms with van der Waals surface area (Å²) in [7, 11) is 0. The Morgan fingerprint density at radius 3 is 2.71 bits per heavy atom. The van der Waals surface area contributed by atoms with Crippen LogP contribution in [-0.4, -0.2) is 23.3 Å². The summed E-state index contributed by atoms with van der Waals surface area (Å²) in [5.74, 6) is 0.188. The Bertz CT molecular complexity index is 581. The number of nitrogens with one attached hydrogen (secondary N) is 2. The minimum Gasteiger partial charge on any atom is -0.463 e. The molecule has 2 atom stereocenters. The molecule has 0 aliphatic heterocycles. The fourth-order valence-corrected chi connectivity index (χ4v) is 1.67. The fraction of sp³-hybridized carbons (Fsp3) is 0.200. The Morgan fingerprint density at radius 2 is 2.05 bits per heavy atom. The summed E-state index contributed by atoms with van der Waals surface area (Å²) in [4.78, 5) is 11.8. The maximum atomic E-state index is 11.8. The van der Waals surface area contributed by atoms with Gasteiger partial charge in [-0.15, -0.1) is 0 Å². The third-order valence-corrected chi connectivity index (χ3v) is 2.83. The summed E-state index contributed by atoms with van der Waals surface area (Å²) >= 11 is 0. The number of nitrogens with zero attached hydrogens (tertiary/aromatic N) is 1. The topological polar surface area (TPSA) is 86.9 Å². The minimum atomic E-state index is -0.916. The standard InChI is InChI=1S/C15H17N3O3/c1-11(17-15(20)12-6-3-2-4-7-12)14(19)18-16-10-13-8-5-9-21-13/h2-11,15,17,20H,1H3,(H,18,19)/b16-10+. The summed E-state index contributed by atoms with van der Waals surface area (Å²) in [6.45, 7) is 1.64. The number of furan rings is 1. The normalized spacial score (nSPS) is 14.0. The van der Waals surface area contributed by atoms with Crippen LogP contribution in [0.1, 0.15) is 24.5 Å². The number of hydrogen-bond donors (Lipinski definition) is 3. The van der Waals surface area contributed by atoms with Gasteiger partial charge in [-0.3, -0.25) is 10.1 Å². The highest BCUT2D eigenvalue weighted by atomic mass is 16.3. The van der Waals surface area contributed by atoms with E-state index in [1.54, 1.807) is 31.2 Å². The van der Waals surface area contributed by atoms with Crippen LogP contribution in [0.15, 0.2) is 58.2 Å². The molecule has 0 aliphatic carbocycles. The molecule has 0 bridgehead atoms. The second kappa shape index (κ2) is 7.37. The molecule has 110 valence electrons. The van der Waals surface area contributed by atoms with Crippen LogP contribution in [0.3, 0.4) is 0 Å². The lowest BCUT2D eigenvalue weighted by atomic mass is 10.2. The highest BCUT2D eigenvalue weighted by Crippen LogP contribution is 2.09. The predicted molar refractivity (Wildman–Crippen MR) is 78.4 cm³/mol. The summed E-state index contributed by atoms with van der Waals surface area (Å²) < 4.78 is 5.04. The molecular formula is C15H17N3O3. The van der Waals surface area contributed by atoms with Crippen molar-refractivity contribution >= 4 is 12.1 Å². The molecule has 6 nitrogen and oxygen atoms in total. The predicted octanol–water partition coefficient (Wildman–Crippen LogP) is 1.40. The van der Waals surface area contributed by atoms with Crippen molar-refractivity contribution in [2.75, 3.05) is 0 Å². The van der Waals surface area contributed by atoms with Gasteiger partial charge < -0.3 is 9.52 Å². The van der Waals surface area contributed by atoms with E-state index < -0.39 is 12.3 Å². The van der Waals surface area contributed by atoms with Crippen molar-refractivity contribution in [3.05, 3.63) is 60.1 Å². The number of aliphatic hydroxyl groups is 1. The number of benzene rings is 1. The van der Waals surface area contributed by atoms with Crippen LogP contribution in [0.25, 0.3) is 0 Å². The molecule has 6 heteroatoms. The Morgan fingerprint density at radius 1 is 1.29 bits per heavy atom. The summed E-state index contributed by atoms with van der Waals surface area (Å²) in [6, 6.07) is 11.9. The van der Waals surface area contributed by atoms with E-state index >= 15 is 0 Å². The summed E-state index contributed by atoms with van der Waals surface area (Å²) in [5.41, 5.74) is 3.07. The second-order valence-corrected chi connectivity index (χ2v) is 4.45. The van der Waals surface area contributed by atoms with Crippen molar-refractivity contribution in [1.82, 2.24) is 10.7 Å². The molecule has 0 radical (unpaired) electrons. The number of rotatable bonds is 6. The molecule has 0 aliphatic rings. The van der Waals surface area contributed by atoms with Gasteiger partial charge in [0.2, 0.25) is 0 Å². The molecule has 2 rings (SSSR count). The van der Waals surface area contributed by atoms with Crippen LogP contribution in [0.4, 0.5) is 0 Å². The van der Waals surface area contributed by atoms with E-state index in [0.29, 0.717) is 11.3 Å². The van der Waals surface area contributed by atoms with Crippen LogP contribution in [-0.2, 0) is 4.79 Å². The molecule has 1 heterocycles. The Labute approximate surface area is 122 Å². The number of aliphatic hydroxyl groups excluding tert-OH is 1. The monoisotopic (exact) mass is 287 g/mol. The van der Waals surface area contributed by atoms with E-state index in [2.05, 4.69) is 15.8 Å². The van der Waals surface area contributed by atoms with Crippen molar-refractivity contribution in [3.8, 4) is 0 Å². The van der Waals surface area contributed by atoms with Crippen molar-refractivity contribution < 1.29 is 14.3 Å². The zero-order chi connectivity index (χ0) is 15.1. The first kappa shape index (κ1) is 15.0. The number of hydrazone groups is 1. The molecule has 0 saturated heterocycles. The van der Waals surface area contributed by atoms with Crippen LogP contribution in [0, 0.1) is 0 Å². The number of amides is 1. The Kier molecular flexibility index (Phi) is 5.25. The maximum Gasteiger partial charge on any atom is 0.256 e. The Balaban J connectivity index is 1.82. The third-order valence-electron chi connectivity index (χ3n) is 2.83. The SMILES string of the molecule is CC(NC(O)c1ccccc1)C(=O)N/N=C/c1ccco1. The van der Waals surface area contributed by atoms with Crippen molar-refractivity contribution in [2.45, 2.75) is 19.2 Å². The first-order valence-electron chi connectivity index (χ1n) is 6.52. The van der Waals surface area contributed by atoms with E-state index in [4.69, 9.17) is 4.42 Å². The van der Waals surface area contributed by atoms with Gasteiger partial charge in [0.15, 0.2) is 0 Å². The molecule has 0 fully saturated rings. The van der Waals surface area contributed by atoms with Crippen LogP contribution in [0.5, 0.6) is 0 Å². The Hall–Kier alpha value is -2.44. The minimum absolute atomic E-state index is 0.354. The van der Waals surface area contributed by atoms with Gasteiger partial charge in [-0.05, 0) is 24.6 Å². The maximum absolute atomic E-state index is 11.8. The average molecular weight is 287 g/mol. The van der Waals surface area contributed by atoms with Gasteiger partial charge in [-0.2, -0.15) is 5.10 Å². The largest absolute Gasteiger partial charge is 0.463 e. The molecule has 2 unspecified atom stereocenters. The van der Waals surface area contributed by atoms with Gasteiger partial charge in [-0.25, -0.2) is 5.43 Å². The first-order chi connectivity index (χ1) is 10.2. The zero-order valence-corrected chi connectivity index (χ0v) is 11.6. The summed E-state index contributed by atoms with van der Waals surface area (Å²) in [5, 5.41) is 16.5. The van der Waals surface area contributed by atoms with Gasteiger partial charge in [0.1, 0.15) is 12.0 Å². The van der Waals surface area contributed by atoms with Gasteiger partial charge in [-0.1, -0.05) is 30.3 Å². The van der Waals surface area contributed by atoms with Gasteiger partial charge >= 0.3 is 0 Å². The van der Waals surface area contributed by atoms with E-state index in [9.17, 15) is 9.90 Å². The lowest BCUT2D eigenvalue weighted by Crippen LogP contribution is -2.42. The molecule has 0 spiro atoms. The summed E-state index contributed by atoms with van der Waals surface area (Å²) in [6.07, 6.45) is 2.00. The smallest absolute Gasteiger partial charge is 0.256 e. The molecule has 2 aromatic rings. The molecule has 1 amide bonds. The number of carbonyl (C=O) groups is 1. The van der Waals surface area contributed by atoms with Crippen molar-refractivity contribution in [3.63, 3.8) is 0 Å². The van der Waals surface area contributed by atoms with Crippen LogP contribution >= 0.6 is 0 Å². The van der Waals surface area contributed by atoms with E-state index in [1.165, 1.54) is 12.5 Å². The van der Waals surface area contributed by atoms with Gasteiger partial charge in [0.05, 0.1) is 18.5 Å². The lowest BCUT2D eigenvalue weighted by Gasteiger charge is -2.17. The average Bonchev–Trinajstić information content (AvgIpc) is 3.01. The van der Waals surface area contributed by atoms with Gasteiger partial charge in [0, 0.05) is 0 Å². The first-order valence-corrected chi connectivity index (χ1v) is 6.52. The van der Waals surface area contributed by atoms with Crippen molar-refractivity contribution in [2.24, 2.45) is 5.10 Å². The number of carbonyl (C=O) groups excluding carboxylic acids is 1. The third kappa shape index (κ3) is 4.55. The van der Waals surface area contributed by atoms with Crippen LogP contribution < -0.4 is 10.7 Å². The number of hydrogen-bond acceptors (Lipinski definition) is 5.